The van der Waals surface area contributed by atoms with Gasteiger partial charge in [0, 0.05) is 27.7 Å². The summed E-state index contributed by atoms with van der Waals surface area (Å²) in [7, 11) is 3.29. The molecule has 0 aliphatic rings. The van der Waals surface area contributed by atoms with E-state index in [1.807, 2.05) is 30.3 Å². The van der Waals surface area contributed by atoms with Crippen LogP contribution < -0.4 is 14.8 Å². The molecule has 0 aliphatic carbocycles. The highest BCUT2D eigenvalue weighted by Crippen LogP contribution is 2.32. The summed E-state index contributed by atoms with van der Waals surface area (Å²) >= 11 is 8.39. The maximum atomic E-state index is 5.37. The zero-order chi connectivity index (χ0) is 22.3. The van der Waals surface area contributed by atoms with Crippen LogP contribution in [-0.2, 0) is 12.2 Å². The lowest BCUT2D eigenvalue weighted by atomic mass is 10.1. The van der Waals surface area contributed by atoms with E-state index in [4.69, 9.17) is 14.5 Å². The third-order valence-corrected chi connectivity index (χ3v) is 7.99. The molecule has 2 heterocycles. The zero-order valence-corrected chi connectivity index (χ0v) is 21.5. The minimum atomic E-state index is 0.735. The molecule has 166 valence electrons. The molecule has 1 N–H and O–H groups in total. The summed E-state index contributed by atoms with van der Waals surface area (Å²) in [6.07, 6.45) is 0.847. The normalized spacial score (nSPS) is 10.8. The average Bonchev–Trinajstić information content (AvgIpc) is 3.47. The number of rotatable bonds is 10. The molecule has 0 amide bonds. The van der Waals surface area contributed by atoms with Gasteiger partial charge in [0.25, 0.3) is 0 Å². The number of hydrogen-bond donors (Lipinski definition) is 1. The lowest BCUT2D eigenvalue weighted by Gasteiger charge is -2.09. The van der Waals surface area contributed by atoms with Gasteiger partial charge in [0.15, 0.2) is 15.8 Å². The van der Waals surface area contributed by atoms with Gasteiger partial charge in [0.1, 0.15) is 5.01 Å². The van der Waals surface area contributed by atoms with E-state index in [-0.39, 0.29) is 0 Å². The Kier molecular flexibility index (Phi) is 8.01. The van der Waals surface area contributed by atoms with E-state index in [1.54, 1.807) is 48.7 Å². The molecule has 0 saturated carbocycles. The van der Waals surface area contributed by atoms with Crippen LogP contribution in [0.2, 0.25) is 0 Å². The summed E-state index contributed by atoms with van der Waals surface area (Å²) in [4.78, 5) is 4.75. The van der Waals surface area contributed by atoms with Crippen LogP contribution >= 0.6 is 50.4 Å². The quantitative estimate of drug-likeness (QED) is 0.230. The SMILES string of the molecule is COc1ccc(CCNc2nnc(SCc3csc(-c4cccc(Br)c4)n3)s2)cc1OC. The van der Waals surface area contributed by atoms with Crippen molar-refractivity contribution in [2.75, 3.05) is 26.1 Å². The molecule has 2 aromatic carbocycles. The number of aromatic nitrogens is 3. The minimum Gasteiger partial charge on any atom is -0.493 e. The van der Waals surface area contributed by atoms with Crippen LogP contribution in [0.15, 0.2) is 56.7 Å². The summed E-state index contributed by atoms with van der Waals surface area (Å²) < 4.78 is 12.6. The second-order valence-corrected chi connectivity index (χ2v) is 10.7. The number of hydrogen-bond acceptors (Lipinski definition) is 9. The molecule has 10 heteroatoms. The fraction of sp³-hybridized carbons (Fsp3) is 0.227. The van der Waals surface area contributed by atoms with Gasteiger partial charge in [-0.15, -0.1) is 21.5 Å². The molecule has 0 unspecified atom stereocenters. The molecule has 0 aliphatic heterocycles. The standard InChI is InChI=1S/C22H21BrN4O2S3/c1-28-18-7-6-14(10-19(18)29-2)8-9-24-21-26-27-22(32-21)31-13-17-12-30-20(25-17)15-4-3-5-16(23)11-15/h3-7,10-12H,8-9,13H2,1-2H3,(H,24,26). The lowest BCUT2D eigenvalue weighted by Crippen LogP contribution is -2.04. The molecule has 2 aromatic heterocycles. The smallest absolute Gasteiger partial charge is 0.206 e. The first-order valence-corrected chi connectivity index (χ1v) is 13.2. The Hall–Kier alpha value is -2.14. The van der Waals surface area contributed by atoms with Gasteiger partial charge in [0.2, 0.25) is 5.13 Å². The van der Waals surface area contributed by atoms with Gasteiger partial charge < -0.3 is 14.8 Å². The second-order valence-electron chi connectivity index (χ2n) is 6.68. The van der Waals surface area contributed by atoms with Gasteiger partial charge in [-0.05, 0) is 36.2 Å². The van der Waals surface area contributed by atoms with Crippen LogP contribution in [-0.4, -0.2) is 35.9 Å². The van der Waals surface area contributed by atoms with E-state index in [9.17, 15) is 0 Å². The van der Waals surface area contributed by atoms with E-state index < -0.39 is 0 Å². The maximum Gasteiger partial charge on any atom is 0.206 e. The van der Waals surface area contributed by atoms with E-state index in [1.165, 1.54) is 5.56 Å². The number of halogens is 1. The van der Waals surface area contributed by atoms with Crippen LogP contribution in [0.4, 0.5) is 5.13 Å². The Balaban J connectivity index is 1.27. The van der Waals surface area contributed by atoms with Crippen molar-refractivity contribution in [2.45, 2.75) is 16.5 Å². The van der Waals surface area contributed by atoms with Gasteiger partial charge >= 0.3 is 0 Å². The number of ether oxygens (including phenoxy) is 2. The Morgan fingerprint density at radius 1 is 1.06 bits per heavy atom. The highest BCUT2D eigenvalue weighted by molar-refractivity contribution is 9.10. The highest BCUT2D eigenvalue weighted by atomic mass is 79.9. The maximum absolute atomic E-state index is 5.37. The summed E-state index contributed by atoms with van der Waals surface area (Å²) in [5, 5.41) is 15.8. The van der Waals surface area contributed by atoms with Crippen LogP contribution in [0.25, 0.3) is 10.6 Å². The molecule has 0 spiro atoms. The number of nitrogens with zero attached hydrogens (tertiary/aromatic N) is 3. The van der Waals surface area contributed by atoms with Crippen molar-refractivity contribution in [3.63, 3.8) is 0 Å². The number of nitrogens with one attached hydrogen (secondary N) is 1. The summed E-state index contributed by atoms with van der Waals surface area (Å²) in [6.45, 7) is 0.761. The van der Waals surface area contributed by atoms with Gasteiger partial charge in [-0.2, -0.15) is 0 Å². The minimum absolute atomic E-state index is 0.735. The van der Waals surface area contributed by atoms with Crippen molar-refractivity contribution in [2.24, 2.45) is 0 Å². The number of thioether (sulfide) groups is 1. The summed E-state index contributed by atoms with van der Waals surface area (Å²) in [6, 6.07) is 14.2. The molecule has 0 fully saturated rings. The van der Waals surface area contributed by atoms with Gasteiger partial charge in [-0.3, -0.25) is 0 Å². The first-order chi connectivity index (χ1) is 15.6. The molecule has 4 rings (SSSR count). The number of thiazole rings is 1. The van der Waals surface area contributed by atoms with E-state index in [0.717, 1.165) is 60.4 Å². The Bertz CT molecular complexity index is 1180. The molecule has 32 heavy (non-hydrogen) atoms. The summed E-state index contributed by atoms with van der Waals surface area (Å²) in [5.74, 6) is 2.24. The number of benzene rings is 2. The van der Waals surface area contributed by atoms with Crippen molar-refractivity contribution >= 4 is 55.5 Å². The molecular weight excluding hydrogens is 528 g/mol. The van der Waals surface area contributed by atoms with E-state index in [0.29, 0.717) is 0 Å². The molecule has 0 radical (unpaired) electrons. The van der Waals surface area contributed by atoms with E-state index in [2.05, 4.69) is 49.0 Å². The van der Waals surface area contributed by atoms with Crippen LogP contribution in [0.5, 0.6) is 11.5 Å². The number of methoxy groups -OCH3 is 2. The van der Waals surface area contributed by atoms with Crippen LogP contribution in [0, 0.1) is 0 Å². The van der Waals surface area contributed by atoms with Crippen LogP contribution in [0.3, 0.4) is 0 Å². The van der Waals surface area contributed by atoms with Crippen molar-refractivity contribution < 1.29 is 9.47 Å². The fourth-order valence-electron chi connectivity index (χ4n) is 2.95. The molecule has 0 atom stereocenters. The third-order valence-electron chi connectivity index (χ3n) is 4.51. The topological polar surface area (TPSA) is 69.2 Å². The number of anilines is 1. The van der Waals surface area contributed by atoms with Gasteiger partial charge in [-0.1, -0.05) is 57.2 Å². The van der Waals surface area contributed by atoms with E-state index >= 15 is 0 Å². The molecular formula is C22H21BrN4O2S3. The predicted octanol–water partition coefficient (Wildman–Crippen LogP) is 6.39. The summed E-state index contributed by atoms with van der Waals surface area (Å²) in [5.41, 5.74) is 3.34. The first-order valence-electron chi connectivity index (χ1n) is 9.76. The largest absolute Gasteiger partial charge is 0.493 e. The van der Waals surface area contributed by atoms with Crippen molar-refractivity contribution in [3.05, 3.63) is 63.6 Å². The predicted molar refractivity (Wildman–Crippen MR) is 136 cm³/mol. The Morgan fingerprint density at radius 3 is 2.75 bits per heavy atom. The van der Waals surface area contributed by atoms with Gasteiger partial charge in [-0.25, -0.2) is 4.98 Å². The third kappa shape index (κ3) is 6.00. The average molecular weight is 550 g/mol. The first kappa shape index (κ1) is 23.0. The molecule has 0 saturated heterocycles. The van der Waals surface area contributed by atoms with Crippen molar-refractivity contribution in [1.82, 2.24) is 15.2 Å². The monoisotopic (exact) mass is 548 g/mol. The lowest BCUT2D eigenvalue weighted by molar-refractivity contribution is 0.354. The zero-order valence-electron chi connectivity index (χ0n) is 17.5. The molecule has 4 aromatic rings. The fourth-order valence-corrected chi connectivity index (χ4v) is 5.94. The molecule has 0 bridgehead atoms. The highest BCUT2D eigenvalue weighted by Gasteiger charge is 2.09. The molecule has 6 nitrogen and oxygen atoms in total. The van der Waals surface area contributed by atoms with Crippen molar-refractivity contribution in [1.29, 1.82) is 0 Å². The van der Waals surface area contributed by atoms with Crippen molar-refractivity contribution in [3.8, 4) is 22.1 Å². The second kappa shape index (κ2) is 11.1. The van der Waals surface area contributed by atoms with Crippen LogP contribution in [0.1, 0.15) is 11.3 Å². The Labute approximate surface area is 207 Å². The van der Waals surface area contributed by atoms with Gasteiger partial charge in [0.05, 0.1) is 19.9 Å². The Morgan fingerprint density at radius 2 is 1.94 bits per heavy atom.